The number of carboxylic acids is 1. The predicted octanol–water partition coefficient (Wildman–Crippen LogP) is -4.51. The van der Waals surface area contributed by atoms with Crippen LogP contribution in [0, 0.1) is 0 Å². The lowest BCUT2D eigenvalue weighted by Gasteiger charge is -2.46. The molecule has 0 radical (unpaired) electrons. The van der Waals surface area contributed by atoms with Gasteiger partial charge in [0.2, 0.25) is 5.91 Å². The minimum absolute atomic E-state index is 0.551. The lowest BCUT2D eigenvalue weighted by molar-refractivity contribution is -0.336. The molecular weight excluding hydrogens is 386 g/mol. The van der Waals surface area contributed by atoms with E-state index in [0.717, 1.165) is 0 Å². The van der Waals surface area contributed by atoms with Gasteiger partial charge in [0.15, 0.2) is 18.7 Å². The second-order valence-electron chi connectivity index (χ2n) is 6.51. The van der Waals surface area contributed by atoms with Crippen molar-refractivity contribution in [3.8, 4) is 0 Å². The van der Waals surface area contributed by atoms with Crippen molar-refractivity contribution in [3.05, 3.63) is 0 Å². The molecule has 2 aliphatic heterocycles. The molecular formula is C15H25NO12. The van der Waals surface area contributed by atoms with Gasteiger partial charge in [-0.1, -0.05) is 0 Å². The lowest BCUT2D eigenvalue weighted by Crippen LogP contribution is -2.68. The number of aliphatic carboxylic acids is 1. The summed E-state index contributed by atoms with van der Waals surface area (Å²) in [6.45, 7) is 0.522. The van der Waals surface area contributed by atoms with Gasteiger partial charge in [0.05, 0.1) is 6.61 Å². The van der Waals surface area contributed by atoms with Crippen LogP contribution >= 0.6 is 0 Å². The standard InChI is InChI=1S/C15H25NO12/c1-4(18)16-6-10(25-2)7(19)5(3-17)26-15(6)28-11-8(20)9(21)14(24)27-12(11)13(22)23/h5-12,14-15,17,19-21,24H,3H2,1-2H3,(H,16,18)(H,22,23)/t5?,6?,7-,8+,9?,10+,11+,12?,14-,15+/m1/s1. The first kappa shape index (κ1) is 22.9. The summed E-state index contributed by atoms with van der Waals surface area (Å²) in [6.07, 6.45) is -14.5. The zero-order chi connectivity index (χ0) is 21.2. The minimum atomic E-state index is -1.96. The van der Waals surface area contributed by atoms with Crippen LogP contribution in [0.2, 0.25) is 0 Å². The normalized spacial score (nSPS) is 44.1. The van der Waals surface area contributed by atoms with Crippen LogP contribution in [0.15, 0.2) is 0 Å². The fraction of sp³-hybridized carbons (Fsp3) is 0.867. The number of aliphatic hydroxyl groups is 5. The molecule has 2 rings (SSSR count). The molecule has 2 fully saturated rings. The van der Waals surface area contributed by atoms with Crippen LogP contribution in [0.3, 0.4) is 0 Å². The third-order valence-electron chi connectivity index (χ3n) is 4.59. The molecule has 0 aliphatic carbocycles. The van der Waals surface area contributed by atoms with Crippen LogP contribution < -0.4 is 5.32 Å². The fourth-order valence-electron chi connectivity index (χ4n) is 3.21. The highest BCUT2D eigenvalue weighted by Crippen LogP contribution is 2.29. The van der Waals surface area contributed by atoms with E-state index in [9.17, 15) is 40.2 Å². The number of carbonyl (C=O) groups excluding carboxylic acids is 1. The van der Waals surface area contributed by atoms with E-state index in [1.165, 1.54) is 14.0 Å². The molecule has 4 unspecified atom stereocenters. The molecule has 162 valence electrons. The van der Waals surface area contributed by atoms with Gasteiger partial charge in [0, 0.05) is 14.0 Å². The third-order valence-corrected chi connectivity index (χ3v) is 4.59. The Morgan fingerprint density at radius 2 is 1.68 bits per heavy atom. The molecule has 7 N–H and O–H groups in total. The van der Waals surface area contributed by atoms with E-state index in [0.29, 0.717) is 0 Å². The summed E-state index contributed by atoms with van der Waals surface area (Å²) < 4.78 is 20.9. The van der Waals surface area contributed by atoms with Crippen LogP contribution in [-0.4, -0.2) is 118 Å². The second-order valence-corrected chi connectivity index (χ2v) is 6.51. The average molecular weight is 411 g/mol. The number of nitrogens with one attached hydrogen (secondary N) is 1. The number of ether oxygens (including phenoxy) is 4. The van der Waals surface area contributed by atoms with Gasteiger partial charge < -0.3 is 54.9 Å². The SMILES string of the molecule is CO[C@H]1C(NC(C)=O)[C@H](O[C@@H]2C(C(=O)O)O[C@@H](O)C(O)[C@@H]2O)OC(CO)[C@H]1O. The average Bonchev–Trinajstić information content (AvgIpc) is 2.63. The Balaban J connectivity index is 2.31. The Kier molecular flexibility index (Phi) is 7.66. The van der Waals surface area contributed by atoms with E-state index in [1.807, 2.05) is 0 Å². The van der Waals surface area contributed by atoms with E-state index >= 15 is 0 Å². The monoisotopic (exact) mass is 411 g/mol. The molecule has 13 nitrogen and oxygen atoms in total. The van der Waals surface area contributed by atoms with Gasteiger partial charge in [-0.2, -0.15) is 0 Å². The summed E-state index contributed by atoms with van der Waals surface area (Å²) in [7, 11) is 1.23. The number of carbonyl (C=O) groups is 2. The number of hydrogen-bond donors (Lipinski definition) is 7. The van der Waals surface area contributed by atoms with Crippen molar-refractivity contribution >= 4 is 11.9 Å². The zero-order valence-corrected chi connectivity index (χ0v) is 15.1. The van der Waals surface area contributed by atoms with E-state index in [1.54, 1.807) is 0 Å². The smallest absolute Gasteiger partial charge is 0.335 e. The molecule has 10 atom stereocenters. The van der Waals surface area contributed by atoms with Crippen molar-refractivity contribution < 1.29 is 59.2 Å². The maximum absolute atomic E-state index is 11.6. The lowest BCUT2D eigenvalue weighted by atomic mass is 9.95. The van der Waals surface area contributed by atoms with Crippen molar-refractivity contribution in [2.24, 2.45) is 0 Å². The van der Waals surface area contributed by atoms with Crippen LogP contribution in [-0.2, 0) is 28.5 Å². The van der Waals surface area contributed by atoms with Crippen LogP contribution in [0.1, 0.15) is 6.92 Å². The summed E-state index contributed by atoms with van der Waals surface area (Å²) in [6, 6.07) is -1.16. The maximum Gasteiger partial charge on any atom is 0.335 e. The largest absolute Gasteiger partial charge is 0.479 e. The van der Waals surface area contributed by atoms with E-state index in [-0.39, 0.29) is 0 Å². The molecule has 2 aliphatic rings. The first-order valence-electron chi connectivity index (χ1n) is 8.44. The minimum Gasteiger partial charge on any atom is -0.479 e. The molecule has 2 heterocycles. The van der Waals surface area contributed by atoms with Gasteiger partial charge >= 0.3 is 5.97 Å². The van der Waals surface area contributed by atoms with Gasteiger partial charge in [-0.3, -0.25) is 4.79 Å². The number of carboxylic acid groups (broad SMARTS) is 1. The maximum atomic E-state index is 11.6. The molecule has 0 spiro atoms. The first-order chi connectivity index (χ1) is 13.1. The van der Waals surface area contributed by atoms with E-state index in [2.05, 4.69) is 5.32 Å². The van der Waals surface area contributed by atoms with Crippen LogP contribution in [0.5, 0.6) is 0 Å². The fourth-order valence-corrected chi connectivity index (χ4v) is 3.21. The van der Waals surface area contributed by atoms with Gasteiger partial charge in [0.25, 0.3) is 0 Å². The summed E-state index contributed by atoms with van der Waals surface area (Å²) in [5, 5.41) is 60.9. The van der Waals surface area contributed by atoms with Crippen molar-refractivity contribution in [3.63, 3.8) is 0 Å². The highest BCUT2D eigenvalue weighted by atomic mass is 16.7. The summed E-state index contributed by atoms with van der Waals surface area (Å²) in [4.78, 5) is 23.0. The Morgan fingerprint density at radius 3 is 2.18 bits per heavy atom. The van der Waals surface area contributed by atoms with E-state index in [4.69, 9.17) is 18.9 Å². The Labute approximate surface area is 159 Å². The number of methoxy groups -OCH3 is 1. The molecule has 28 heavy (non-hydrogen) atoms. The highest BCUT2D eigenvalue weighted by molar-refractivity contribution is 5.74. The number of amides is 1. The molecule has 0 saturated carbocycles. The number of hydrogen-bond acceptors (Lipinski definition) is 11. The zero-order valence-electron chi connectivity index (χ0n) is 15.1. The van der Waals surface area contributed by atoms with Crippen LogP contribution in [0.25, 0.3) is 0 Å². The summed E-state index contributed by atoms with van der Waals surface area (Å²) in [5.74, 6) is -2.14. The summed E-state index contributed by atoms with van der Waals surface area (Å²) >= 11 is 0. The topological polar surface area (TPSA) is 204 Å². The molecule has 2 saturated heterocycles. The third kappa shape index (κ3) is 4.59. The van der Waals surface area contributed by atoms with Crippen molar-refractivity contribution in [1.82, 2.24) is 5.32 Å². The Hall–Kier alpha value is -1.42. The summed E-state index contributed by atoms with van der Waals surface area (Å²) in [5.41, 5.74) is 0. The predicted molar refractivity (Wildman–Crippen MR) is 85.6 cm³/mol. The Morgan fingerprint density at radius 1 is 1.04 bits per heavy atom. The van der Waals surface area contributed by atoms with Gasteiger partial charge in [-0.15, -0.1) is 0 Å². The van der Waals surface area contributed by atoms with Crippen molar-refractivity contribution in [2.45, 2.75) is 68.3 Å². The number of aliphatic hydroxyl groups excluding tert-OH is 5. The quantitative estimate of drug-likeness (QED) is 0.221. The molecule has 0 aromatic heterocycles. The molecule has 13 heteroatoms. The molecule has 0 aromatic carbocycles. The molecule has 1 amide bonds. The van der Waals surface area contributed by atoms with Gasteiger partial charge in [-0.05, 0) is 0 Å². The molecule has 0 bridgehead atoms. The van der Waals surface area contributed by atoms with Gasteiger partial charge in [0.1, 0.15) is 42.7 Å². The second kappa shape index (κ2) is 9.39. The highest BCUT2D eigenvalue weighted by Gasteiger charge is 2.53. The Bertz CT molecular complexity index is 561. The van der Waals surface area contributed by atoms with Crippen LogP contribution in [0.4, 0.5) is 0 Å². The van der Waals surface area contributed by atoms with Crippen molar-refractivity contribution in [1.29, 1.82) is 0 Å². The first-order valence-corrected chi connectivity index (χ1v) is 8.44. The van der Waals surface area contributed by atoms with E-state index < -0.39 is 79.8 Å². The molecule has 0 aromatic rings. The number of rotatable bonds is 6. The van der Waals surface area contributed by atoms with Crippen molar-refractivity contribution in [2.75, 3.05) is 13.7 Å². The van der Waals surface area contributed by atoms with Gasteiger partial charge in [-0.25, -0.2) is 4.79 Å².